The van der Waals surface area contributed by atoms with Gasteiger partial charge in [-0.1, -0.05) is 41.0 Å². The van der Waals surface area contributed by atoms with E-state index in [1.165, 1.54) is 6.42 Å². The Labute approximate surface area is 117 Å². The Hall–Kier alpha value is -0.860. The second kappa shape index (κ2) is 6.06. The molecule has 110 valence electrons. The molecule has 3 nitrogen and oxygen atoms in total. The highest BCUT2D eigenvalue weighted by molar-refractivity contribution is 5.91. The van der Waals surface area contributed by atoms with Crippen LogP contribution in [-0.2, 0) is 9.59 Å². The lowest BCUT2D eigenvalue weighted by atomic mass is 9.73. The molecule has 0 aromatic heterocycles. The average Bonchev–Trinajstić information content (AvgIpc) is 2.96. The highest BCUT2D eigenvalue weighted by Gasteiger charge is 2.43. The van der Waals surface area contributed by atoms with Crippen LogP contribution in [0.3, 0.4) is 0 Å². The molecule has 1 rings (SSSR count). The molecular weight excluding hydrogens is 238 g/mol. The number of Topliss-reactive ketones (excluding diaryl/α,β-unsaturated/α-hetero) is 1. The van der Waals surface area contributed by atoms with Gasteiger partial charge < -0.3 is 5.73 Å². The zero-order chi connectivity index (χ0) is 14.8. The van der Waals surface area contributed by atoms with Gasteiger partial charge in [-0.2, -0.15) is 0 Å². The van der Waals surface area contributed by atoms with E-state index in [9.17, 15) is 9.59 Å². The molecule has 4 atom stereocenters. The first kappa shape index (κ1) is 16.2. The fourth-order valence-corrected chi connectivity index (χ4v) is 2.92. The minimum atomic E-state index is -0.399. The number of rotatable bonds is 7. The molecule has 3 heteroatoms. The van der Waals surface area contributed by atoms with Gasteiger partial charge in [0.1, 0.15) is 5.78 Å². The van der Waals surface area contributed by atoms with Gasteiger partial charge >= 0.3 is 0 Å². The molecule has 0 heterocycles. The van der Waals surface area contributed by atoms with Gasteiger partial charge in [-0.25, -0.2) is 0 Å². The zero-order valence-electron chi connectivity index (χ0n) is 13.0. The highest BCUT2D eigenvalue weighted by Crippen LogP contribution is 2.45. The van der Waals surface area contributed by atoms with Crippen molar-refractivity contribution in [1.29, 1.82) is 0 Å². The maximum Gasteiger partial charge on any atom is 0.221 e. The van der Waals surface area contributed by atoms with Crippen LogP contribution in [0.5, 0.6) is 0 Å². The summed E-state index contributed by atoms with van der Waals surface area (Å²) in [5, 5.41) is 0. The Morgan fingerprint density at radius 2 is 1.79 bits per heavy atom. The number of carbonyl (C=O) groups is 2. The maximum atomic E-state index is 12.6. The van der Waals surface area contributed by atoms with Crippen LogP contribution in [0.4, 0.5) is 0 Å². The van der Waals surface area contributed by atoms with Gasteiger partial charge in [0.15, 0.2) is 0 Å². The SMILES string of the molecule is CCC[C@H](C(N)=O)[C@@H](CC1CC1C)C(=O)C(C)(C)C. The number of carbonyl (C=O) groups excluding carboxylic acids is 2. The standard InChI is InChI=1S/C16H29NO2/c1-6-7-12(15(17)19)13(9-11-8-10(11)2)14(18)16(3,4)5/h10-13H,6-9H2,1-5H3,(H2,17,19)/t10?,11?,12-,13+/m0/s1. The van der Waals surface area contributed by atoms with Gasteiger partial charge in [0, 0.05) is 17.3 Å². The molecule has 1 saturated carbocycles. The number of primary amides is 1. The van der Waals surface area contributed by atoms with Gasteiger partial charge in [-0.15, -0.1) is 0 Å². The lowest BCUT2D eigenvalue weighted by Crippen LogP contribution is -2.39. The van der Waals surface area contributed by atoms with Gasteiger partial charge in [0.2, 0.25) is 5.91 Å². The van der Waals surface area contributed by atoms with Crippen LogP contribution in [0.1, 0.15) is 60.3 Å². The summed E-state index contributed by atoms with van der Waals surface area (Å²) in [4.78, 5) is 24.4. The number of nitrogens with two attached hydrogens (primary N) is 1. The minimum Gasteiger partial charge on any atom is -0.369 e. The van der Waals surface area contributed by atoms with Crippen LogP contribution >= 0.6 is 0 Å². The molecule has 1 aliphatic rings. The van der Waals surface area contributed by atoms with E-state index in [0.29, 0.717) is 11.8 Å². The summed E-state index contributed by atoms with van der Waals surface area (Å²) < 4.78 is 0. The molecule has 0 bridgehead atoms. The Morgan fingerprint density at radius 3 is 2.11 bits per heavy atom. The van der Waals surface area contributed by atoms with E-state index in [-0.39, 0.29) is 23.5 Å². The topological polar surface area (TPSA) is 60.2 Å². The third-order valence-corrected chi connectivity index (χ3v) is 4.36. The molecule has 19 heavy (non-hydrogen) atoms. The van der Waals surface area contributed by atoms with Crippen LogP contribution in [0.2, 0.25) is 0 Å². The Morgan fingerprint density at radius 1 is 1.26 bits per heavy atom. The van der Waals surface area contributed by atoms with Gasteiger partial charge in [0.05, 0.1) is 0 Å². The Balaban J connectivity index is 2.89. The quantitative estimate of drug-likeness (QED) is 0.770. The van der Waals surface area contributed by atoms with Crippen LogP contribution in [0, 0.1) is 29.1 Å². The van der Waals surface area contributed by atoms with Gasteiger partial charge in [-0.3, -0.25) is 9.59 Å². The normalized spacial score (nSPS) is 25.7. The summed E-state index contributed by atoms with van der Waals surface area (Å²) >= 11 is 0. The molecule has 2 N–H and O–H groups in total. The number of hydrogen-bond donors (Lipinski definition) is 1. The first-order valence-electron chi connectivity index (χ1n) is 7.52. The first-order valence-corrected chi connectivity index (χ1v) is 7.52. The zero-order valence-corrected chi connectivity index (χ0v) is 13.0. The van der Waals surface area contributed by atoms with Crippen molar-refractivity contribution in [2.24, 2.45) is 34.8 Å². The number of ketones is 1. The van der Waals surface area contributed by atoms with E-state index in [2.05, 4.69) is 6.92 Å². The fourth-order valence-electron chi connectivity index (χ4n) is 2.92. The summed E-state index contributed by atoms with van der Waals surface area (Å²) in [7, 11) is 0. The lowest BCUT2D eigenvalue weighted by Gasteiger charge is -2.29. The maximum absolute atomic E-state index is 12.6. The van der Waals surface area contributed by atoms with Gasteiger partial charge in [0.25, 0.3) is 0 Å². The summed E-state index contributed by atoms with van der Waals surface area (Å²) in [6, 6.07) is 0. The Kier molecular flexibility index (Phi) is 5.17. The fraction of sp³-hybridized carbons (Fsp3) is 0.875. The largest absolute Gasteiger partial charge is 0.369 e. The predicted octanol–water partition coefficient (Wildman–Crippen LogP) is 3.17. The van der Waals surface area contributed by atoms with Crippen LogP contribution < -0.4 is 5.73 Å². The molecular formula is C16H29NO2. The molecule has 2 unspecified atom stereocenters. The van der Waals surface area contributed by atoms with E-state index < -0.39 is 5.41 Å². The van der Waals surface area contributed by atoms with E-state index in [0.717, 1.165) is 19.3 Å². The van der Waals surface area contributed by atoms with Crippen molar-refractivity contribution in [3.8, 4) is 0 Å². The molecule has 1 fully saturated rings. The smallest absolute Gasteiger partial charge is 0.221 e. The molecule has 0 spiro atoms. The molecule has 1 aliphatic carbocycles. The lowest BCUT2D eigenvalue weighted by molar-refractivity contribution is -0.137. The molecule has 0 aromatic rings. The highest BCUT2D eigenvalue weighted by atomic mass is 16.1. The van der Waals surface area contributed by atoms with Crippen LogP contribution in [0.15, 0.2) is 0 Å². The van der Waals surface area contributed by atoms with E-state index in [4.69, 9.17) is 5.73 Å². The van der Waals surface area contributed by atoms with Crippen molar-refractivity contribution in [2.75, 3.05) is 0 Å². The Bertz CT molecular complexity index is 343. The second-order valence-electron chi connectivity index (χ2n) is 7.23. The van der Waals surface area contributed by atoms with E-state index in [1.807, 2.05) is 27.7 Å². The predicted molar refractivity (Wildman–Crippen MR) is 77.4 cm³/mol. The van der Waals surface area contributed by atoms with Gasteiger partial charge in [-0.05, 0) is 31.1 Å². The number of hydrogen-bond acceptors (Lipinski definition) is 2. The van der Waals surface area contributed by atoms with Crippen LogP contribution in [0.25, 0.3) is 0 Å². The van der Waals surface area contributed by atoms with Crippen molar-refractivity contribution in [3.05, 3.63) is 0 Å². The second-order valence-corrected chi connectivity index (χ2v) is 7.23. The molecule has 0 aromatic carbocycles. The van der Waals surface area contributed by atoms with Crippen molar-refractivity contribution < 1.29 is 9.59 Å². The average molecular weight is 267 g/mol. The minimum absolute atomic E-state index is 0.188. The van der Waals surface area contributed by atoms with Crippen LogP contribution in [-0.4, -0.2) is 11.7 Å². The van der Waals surface area contributed by atoms with Crippen molar-refractivity contribution in [1.82, 2.24) is 0 Å². The molecule has 0 saturated heterocycles. The van der Waals surface area contributed by atoms with E-state index >= 15 is 0 Å². The summed E-state index contributed by atoms with van der Waals surface area (Å²) in [6.45, 7) is 10.0. The molecule has 1 amide bonds. The molecule has 0 radical (unpaired) electrons. The third kappa shape index (κ3) is 4.32. The monoisotopic (exact) mass is 267 g/mol. The number of amides is 1. The first-order chi connectivity index (χ1) is 8.68. The molecule has 0 aliphatic heterocycles. The van der Waals surface area contributed by atoms with Crippen molar-refractivity contribution in [2.45, 2.75) is 60.3 Å². The summed E-state index contributed by atoms with van der Waals surface area (Å²) in [5.74, 6) is 0.721. The summed E-state index contributed by atoms with van der Waals surface area (Å²) in [5.41, 5.74) is 5.15. The van der Waals surface area contributed by atoms with Crippen molar-refractivity contribution >= 4 is 11.7 Å². The summed E-state index contributed by atoms with van der Waals surface area (Å²) in [6.07, 6.45) is 3.64. The third-order valence-electron chi connectivity index (χ3n) is 4.36. The van der Waals surface area contributed by atoms with Crippen molar-refractivity contribution in [3.63, 3.8) is 0 Å². The van der Waals surface area contributed by atoms with E-state index in [1.54, 1.807) is 0 Å².